The molecule has 2 heterocycles. The highest BCUT2D eigenvalue weighted by molar-refractivity contribution is 7.89. The maximum Gasteiger partial charge on any atom is 0.243 e. The Labute approximate surface area is 191 Å². The number of thiazole rings is 1. The lowest BCUT2D eigenvalue weighted by atomic mass is 10.2. The number of carbonyl (C=O) groups excluding carboxylic acids is 1. The SMILES string of the molecule is Cc1ccc(NC(=O)Cc2csc(-c3cccc(F)c3)n2)cc1S(=O)(=O)N1CCCCC1. The quantitative estimate of drug-likeness (QED) is 0.567. The number of anilines is 1. The molecule has 0 aliphatic carbocycles. The van der Waals surface area contributed by atoms with E-state index in [1.807, 2.05) is 0 Å². The fraction of sp³-hybridized carbons (Fsp3) is 0.304. The van der Waals surface area contributed by atoms with E-state index < -0.39 is 10.0 Å². The second kappa shape index (κ2) is 9.48. The minimum absolute atomic E-state index is 0.0356. The molecule has 6 nitrogen and oxygen atoms in total. The average molecular weight is 474 g/mol. The van der Waals surface area contributed by atoms with Crippen molar-refractivity contribution in [1.29, 1.82) is 0 Å². The van der Waals surface area contributed by atoms with Gasteiger partial charge in [-0.05, 0) is 49.6 Å². The number of aryl methyl sites for hydroxylation is 1. The maximum absolute atomic E-state index is 13.4. The van der Waals surface area contributed by atoms with Crippen LogP contribution in [0, 0.1) is 12.7 Å². The highest BCUT2D eigenvalue weighted by atomic mass is 32.2. The molecule has 1 aromatic heterocycles. The lowest BCUT2D eigenvalue weighted by molar-refractivity contribution is -0.115. The number of hydrogen-bond donors (Lipinski definition) is 1. The zero-order valence-corrected chi connectivity index (χ0v) is 19.3. The van der Waals surface area contributed by atoms with E-state index in [1.54, 1.807) is 36.6 Å². The largest absolute Gasteiger partial charge is 0.326 e. The molecule has 4 rings (SSSR count). The summed E-state index contributed by atoms with van der Waals surface area (Å²) in [4.78, 5) is 17.2. The first-order valence-corrected chi connectivity index (χ1v) is 12.8. The van der Waals surface area contributed by atoms with Crippen molar-refractivity contribution in [1.82, 2.24) is 9.29 Å². The highest BCUT2D eigenvalue weighted by Crippen LogP contribution is 2.27. The number of halogens is 1. The molecule has 3 aromatic rings. The van der Waals surface area contributed by atoms with E-state index in [9.17, 15) is 17.6 Å². The second-order valence-corrected chi connectivity index (χ2v) is 10.6. The van der Waals surface area contributed by atoms with Gasteiger partial charge < -0.3 is 5.32 Å². The lowest BCUT2D eigenvalue weighted by Gasteiger charge is -2.26. The summed E-state index contributed by atoms with van der Waals surface area (Å²) in [6.07, 6.45) is 2.80. The van der Waals surface area contributed by atoms with Gasteiger partial charge in [-0.1, -0.05) is 24.6 Å². The smallest absolute Gasteiger partial charge is 0.243 e. The average Bonchev–Trinajstić information content (AvgIpc) is 3.24. The molecule has 0 unspecified atom stereocenters. The molecular weight excluding hydrogens is 449 g/mol. The molecule has 1 aliphatic heterocycles. The summed E-state index contributed by atoms with van der Waals surface area (Å²) in [5.74, 6) is -0.641. The molecule has 2 aromatic carbocycles. The summed E-state index contributed by atoms with van der Waals surface area (Å²) in [5.41, 5.74) is 2.30. The Morgan fingerprint density at radius 3 is 2.69 bits per heavy atom. The number of piperidine rings is 1. The Morgan fingerprint density at radius 2 is 1.94 bits per heavy atom. The van der Waals surface area contributed by atoms with Crippen molar-refractivity contribution in [2.45, 2.75) is 37.5 Å². The van der Waals surface area contributed by atoms with Gasteiger partial charge >= 0.3 is 0 Å². The van der Waals surface area contributed by atoms with Crippen molar-refractivity contribution in [3.8, 4) is 10.6 Å². The number of nitrogens with zero attached hydrogens (tertiary/aromatic N) is 2. The van der Waals surface area contributed by atoms with Gasteiger partial charge in [0.2, 0.25) is 15.9 Å². The first-order valence-electron chi connectivity index (χ1n) is 10.4. The van der Waals surface area contributed by atoms with Gasteiger partial charge in [-0.3, -0.25) is 4.79 Å². The molecular formula is C23H24FN3O3S2. The number of rotatable bonds is 6. The van der Waals surface area contributed by atoms with Crippen LogP contribution in [0.15, 0.2) is 52.7 Å². The van der Waals surface area contributed by atoms with Crippen LogP contribution in [0.4, 0.5) is 10.1 Å². The van der Waals surface area contributed by atoms with Crippen molar-refractivity contribution in [2.24, 2.45) is 0 Å². The van der Waals surface area contributed by atoms with E-state index in [2.05, 4.69) is 10.3 Å². The van der Waals surface area contributed by atoms with Crippen molar-refractivity contribution in [3.05, 3.63) is 64.9 Å². The van der Waals surface area contributed by atoms with Crippen LogP contribution in [0.2, 0.25) is 0 Å². The Morgan fingerprint density at radius 1 is 1.16 bits per heavy atom. The summed E-state index contributed by atoms with van der Waals surface area (Å²) in [6.45, 7) is 2.80. The number of nitrogens with one attached hydrogen (secondary N) is 1. The lowest BCUT2D eigenvalue weighted by Crippen LogP contribution is -2.36. The molecule has 32 heavy (non-hydrogen) atoms. The summed E-state index contributed by atoms with van der Waals surface area (Å²) in [5, 5.41) is 5.18. The first kappa shape index (κ1) is 22.6. The van der Waals surface area contributed by atoms with Gasteiger partial charge in [0, 0.05) is 29.7 Å². The number of hydrogen-bond acceptors (Lipinski definition) is 5. The van der Waals surface area contributed by atoms with Gasteiger partial charge in [-0.25, -0.2) is 17.8 Å². The minimum Gasteiger partial charge on any atom is -0.326 e. The molecule has 0 radical (unpaired) electrons. The summed E-state index contributed by atoms with van der Waals surface area (Å²) >= 11 is 1.34. The molecule has 0 bridgehead atoms. The predicted octanol–water partition coefficient (Wildman–Crippen LogP) is 4.61. The summed E-state index contributed by atoms with van der Waals surface area (Å²) < 4.78 is 41.1. The van der Waals surface area contributed by atoms with E-state index in [0.29, 0.717) is 40.6 Å². The molecule has 1 N–H and O–H groups in total. The van der Waals surface area contributed by atoms with Gasteiger partial charge in [-0.15, -0.1) is 11.3 Å². The summed E-state index contributed by atoms with van der Waals surface area (Å²) in [7, 11) is -3.60. The van der Waals surface area contributed by atoms with Crippen molar-refractivity contribution < 1.29 is 17.6 Å². The van der Waals surface area contributed by atoms with Gasteiger partial charge in [0.25, 0.3) is 0 Å². The van der Waals surface area contributed by atoms with Gasteiger partial charge in [-0.2, -0.15) is 4.31 Å². The van der Waals surface area contributed by atoms with Crippen molar-refractivity contribution in [3.63, 3.8) is 0 Å². The van der Waals surface area contributed by atoms with E-state index in [-0.39, 0.29) is 23.0 Å². The van der Waals surface area contributed by atoms with Crippen LogP contribution in [0.25, 0.3) is 10.6 Å². The Kier molecular flexibility index (Phi) is 6.68. The Hall–Kier alpha value is -2.62. The molecule has 9 heteroatoms. The highest BCUT2D eigenvalue weighted by Gasteiger charge is 2.27. The van der Waals surface area contributed by atoms with Crippen molar-refractivity contribution >= 4 is 33.0 Å². The van der Waals surface area contributed by atoms with Crippen LogP contribution in [-0.4, -0.2) is 36.7 Å². The van der Waals surface area contributed by atoms with E-state index in [0.717, 1.165) is 19.3 Å². The van der Waals surface area contributed by atoms with Gasteiger partial charge in [0.15, 0.2) is 0 Å². The molecule has 1 fully saturated rings. The number of sulfonamides is 1. The van der Waals surface area contributed by atoms with Crippen LogP contribution in [-0.2, 0) is 21.2 Å². The molecule has 1 aliphatic rings. The van der Waals surface area contributed by atoms with Crippen LogP contribution in [0.3, 0.4) is 0 Å². The van der Waals surface area contributed by atoms with E-state index in [4.69, 9.17) is 0 Å². The third kappa shape index (κ3) is 5.06. The van der Waals surface area contributed by atoms with E-state index >= 15 is 0 Å². The Balaban J connectivity index is 1.47. The Bertz CT molecular complexity index is 1230. The molecule has 0 saturated carbocycles. The topological polar surface area (TPSA) is 79.4 Å². The van der Waals surface area contributed by atoms with E-state index in [1.165, 1.54) is 33.8 Å². The minimum atomic E-state index is -3.60. The normalized spacial score (nSPS) is 14.9. The molecule has 1 amide bonds. The van der Waals surface area contributed by atoms with Crippen molar-refractivity contribution in [2.75, 3.05) is 18.4 Å². The number of carbonyl (C=O) groups is 1. The fourth-order valence-electron chi connectivity index (χ4n) is 3.71. The van der Waals surface area contributed by atoms with Gasteiger partial charge in [0.1, 0.15) is 10.8 Å². The number of aromatic nitrogens is 1. The number of amides is 1. The molecule has 1 saturated heterocycles. The second-order valence-electron chi connectivity index (χ2n) is 7.82. The third-order valence-electron chi connectivity index (χ3n) is 5.37. The third-order valence-corrected chi connectivity index (χ3v) is 8.35. The zero-order valence-electron chi connectivity index (χ0n) is 17.7. The predicted molar refractivity (Wildman–Crippen MR) is 124 cm³/mol. The molecule has 168 valence electrons. The summed E-state index contributed by atoms with van der Waals surface area (Å²) in [6, 6.07) is 11.1. The maximum atomic E-state index is 13.4. The van der Waals surface area contributed by atoms with Gasteiger partial charge in [0.05, 0.1) is 17.0 Å². The number of benzene rings is 2. The van der Waals surface area contributed by atoms with Crippen LogP contribution >= 0.6 is 11.3 Å². The molecule has 0 atom stereocenters. The standard InChI is InChI=1S/C23H24FN3O3S2/c1-16-8-9-19(13-21(16)32(29,30)27-10-3-2-4-11-27)25-22(28)14-20-15-31-23(26-20)17-6-5-7-18(24)12-17/h5-9,12-13,15H,2-4,10-11,14H2,1H3,(H,25,28). The van der Waals surface area contributed by atoms with Crippen LogP contribution in [0.5, 0.6) is 0 Å². The molecule has 0 spiro atoms. The zero-order chi connectivity index (χ0) is 22.7. The first-order chi connectivity index (χ1) is 15.3. The van der Waals surface area contributed by atoms with Crippen LogP contribution in [0.1, 0.15) is 30.5 Å². The monoisotopic (exact) mass is 473 g/mol. The fourth-order valence-corrected chi connectivity index (χ4v) is 6.30. The van der Waals surface area contributed by atoms with Crippen LogP contribution < -0.4 is 5.32 Å².